The minimum atomic E-state index is 0. The predicted octanol–water partition coefficient (Wildman–Crippen LogP) is 3.32. The van der Waals surface area contributed by atoms with Gasteiger partial charge < -0.3 is 0 Å². The Balaban J connectivity index is -0.0000000750. The average molecular weight is 104 g/mol. The van der Waals surface area contributed by atoms with Gasteiger partial charge in [-0.15, -0.1) is 0 Å². The van der Waals surface area contributed by atoms with Crippen molar-refractivity contribution in [1.29, 1.82) is 0 Å². The molecule has 0 bridgehead atoms. The van der Waals surface area contributed by atoms with Crippen LogP contribution >= 0.6 is 0 Å². The number of rotatable bonds is 0. The van der Waals surface area contributed by atoms with Crippen LogP contribution in [0.5, 0.6) is 0 Å². The molecule has 0 saturated carbocycles. The van der Waals surface area contributed by atoms with E-state index in [0.29, 0.717) is 5.41 Å². The minimum Gasteiger partial charge on any atom is -0.0683 e. The normalized spacial score (nSPS) is 9.43. The van der Waals surface area contributed by atoms with Crippen molar-refractivity contribution in [3.05, 3.63) is 0 Å². The van der Waals surface area contributed by atoms with Gasteiger partial charge in [0, 0.05) is 1.43 Å². The third kappa shape index (κ3) is 0. The van der Waals surface area contributed by atoms with Gasteiger partial charge in [-0.2, -0.15) is 0 Å². The molecule has 0 fully saturated rings. The first-order valence-electron chi connectivity index (χ1n) is 3.00. The highest BCUT2D eigenvalue weighted by molar-refractivity contribution is 4.47. The summed E-state index contributed by atoms with van der Waals surface area (Å²) in [4.78, 5) is 0. The van der Waals surface area contributed by atoms with Crippen LogP contribution in [-0.4, -0.2) is 0 Å². The largest absolute Gasteiger partial charge is 0.0683 e. The Labute approximate surface area is 49.4 Å². The fourth-order valence-electron chi connectivity index (χ4n) is 0. The maximum atomic E-state index is 2.19. The molecule has 0 rings (SSSR count). The second kappa shape index (κ2) is 4.17. The van der Waals surface area contributed by atoms with Crippen molar-refractivity contribution in [3.8, 4) is 0 Å². The van der Waals surface area contributed by atoms with Crippen LogP contribution < -0.4 is 0 Å². The van der Waals surface area contributed by atoms with E-state index >= 15 is 0 Å². The summed E-state index contributed by atoms with van der Waals surface area (Å²) in [5, 5.41) is 0. The first-order valence-corrected chi connectivity index (χ1v) is 3.00. The van der Waals surface area contributed by atoms with E-state index in [9.17, 15) is 0 Å². The highest BCUT2D eigenvalue weighted by Gasteiger charge is 1.95. The first-order chi connectivity index (χ1) is 3.00. The van der Waals surface area contributed by atoms with E-state index in [1.54, 1.807) is 0 Å². The Morgan fingerprint density at radius 2 is 0.857 bits per heavy atom. The van der Waals surface area contributed by atoms with Crippen LogP contribution in [0.3, 0.4) is 0 Å². The molecular weight excluding hydrogens is 84.1 g/mol. The molecule has 0 saturated heterocycles. The number of hydrogen-bond acceptors (Lipinski definition) is 0. The van der Waals surface area contributed by atoms with E-state index in [-0.39, 0.29) is 1.43 Å². The number of hydrogen-bond donors (Lipinski definition) is 0. The SMILES string of the molecule is CC.CC(C)(C)C.[HH]. The third-order valence-corrected chi connectivity index (χ3v) is 0. The molecule has 0 N–H and O–H groups in total. The van der Waals surface area contributed by atoms with Crippen molar-refractivity contribution < 1.29 is 1.43 Å². The molecule has 48 valence electrons. The smallest absolute Gasteiger partial charge is 0 e. The Bertz CT molecular complexity index is 19.9. The van der Waals surface area contributed by atoms with Crippen molar-refractivity contribution in [2.24, 2.45) is 5.41 Å². The standard InChI is InChI=1S/C5H12.C2H6.H2/c1-5(2,3)4;1-2;/h1-4H3;1-2H3;1H. The monoisotopic (exact) mass is 104 g/mol. The van der Waals surface area contributed by atoms with Gasteiger partial charge in [0.1, 0.15) is 0 Å². The molecular formula is C7H20. The molecule has 0 aromatic rings. The highest BCUT2D eigenvalue weighted by atomic mass is 14.0. The summed E-state index contributed by atoms with van der Waals surface area (Å²) in [6.07, 6.45) is 0. The van der Waals surface area contributed by atoms with Gasteiger partial charge in [-0.25, -0.2) is 0 Å². The molecule has 0 spiro atoms. The molecule has 0 radical (unpaired) electrons. The molecule has 0 nitrogen and oxygen atoms in total. The maximum absolute atomic E-state index is 2.19. The molecule has 7 heavy (non-hydrogen) atoms. The molecule has 0 unspecified atom stereocenters. The van der Waals surface area contributed by atoms with Crippen LogP contribution in [0.4, 0.5) is 0 Å². The summed E-state index contributed by atoms with van der Waals surface area (Å²) < 4.78 is 0. The van der Waals surface area contributed by atoms with E-state index in [2.05, 4.69) is 27.7 Å². The molecule has 0 aliphatic rings. The average Bonchev–Trinajstić information content (AvgIpc) is 1.36. The van der Waals surface area contributed by atoms with Gasteiger partial charge in [0.2, 0.25) is 0 Å². The summed E-state index contributed by atoms with van der Waals surface area (Å²) in [5.41, 5.74) is 0.500. The van der Waals surface area contributed by atoms with Crippen molar-refractivity contribution in [1.82, 2.24) is 0 Å². The third-order valence-electron chi connectivity index (χ3n) is 0. The van der Waals surface area contributed by atoms with Crippen LogP contribution in [0.2, 0.25) is 0 Å². The van der Waals surface area contributed by atoms with Crippen LogP contribution in [0, 0.1) is 5.41 Å². The molecule has 0 aliphatic heterocycles. The van der Waals surface area contributed by atoms with Gasteiger partial charge in [-0.3, -0.25) is 0 Å². The highest BCUT2D eigenvalue weighted by Crippen LogP contribution is 2.07. The van der Waals surface area contributed by atoms with Crippen LogP contribution in [0.15, 0.2) is 0 Å². The topological polar surface area (TPSA) is 0 Å². The summed E-state index contributed by atoms with van der Waals surface area (Å²) in [5.74, 6) is 0. The lowest BCUT2D eigenvalue weighted by molar-refractivity contribution is 0.469. The zero-order chi connectivity index (χ0) is 6.50. The molecule has 0 heteroatoms. The van der Waals surface area contributed by atoms with Crippen molar-refractivity contribution >= 4 is 0 Å². The molecule has 0 aliphatic carbocycles. The van der Waals surface area contributed by atoms with Crippen LogP contribution in [-0.2, 0) is 0 Å². The summed E-state index contributed by atoms with van der Waals surface area (Å²) >= 11 is 0. The minimum absolute atomic E-state index is 0. The lowest BCUT2D eigenvalue weighted by atomic mass is 10.0. The molecule has 0 aromatic heterocycles. The van der Waals surface area contributed by atoms with Gasteiger partial charge in [-0.05, 0) is 5.41 Å². The lowest BCUT2D eigenvalue weighted by Crippen LogP contribution is -1.93. The lowest BCUT2D eigenvalue weighted by Gasteiger charge is -2.05. The van der Waals surface area contributed by atoms with E-state index in [0.717, 1.165) is 0 Å². The van der Waals surface area contributed by atoms with E-state index < -0.39 is 0 Å². The maximum Gasteiger partial charge on any atom is 0 e. The summed E-state index contributed by atoms with van der Waals surface area (Å²) in [7, 11) is 0. The van der Waals surface area contributed by atoms with E-state index in [1.165, 1.54) is 0 Å². The zero-order valence-electron chi connectivity index (χ0n) is 6.50. The summed E-state index contributed by atoms with van der Waals surface area (Å²) in [6.45, 7) is 12.8. The fraction of sp³-hybridized carbons (Fsp3) is 1.00. The second-order valence-electron chi connectivity index (χ2n) is 3.00. The quantitative estimate of drug-likeness (QED) is 0.442. The van der Waals surface area contributed by atoms with E-state index in [4.69, 9.17) is 0 Å². The Morgan fingerprint density at radius 3 is 0.857 bits per heavy atom. The van der Waals surface area contributed by atoms with Crippen molar-refractivity contribution in [2.75, 3.05) is 0 Å². The molecule has 0 atom stereocenters. The van der Waals surface area contributed by atoms with Gasteiger partial charge in [-0.1, -0.05) is 41.5 Å². The molecule has 0 aromatic carbocycles. The first kappa shape index (κ1) is 10.1. The van der Waals surface area contributed by atoms with Crippen LogP contribution in [0.25, 0.3) is 0 Å². The van der Waals surface area contributed by atoms with Crippen molar-refractivity contribution in [2.45, 2.75) is 41.5 Å². The van der Waals surface area contributed by atoms with Gasteiger partial charge >= 0.3 is 0 Å². The fourth-order valence-corrected chi connectivity index (χ4v) is 0. The Hall–Kier alpha value is 0. The Kier molecular flexibility index (Phi) is 6.00. The summed E-state index contributed by atoms with van der Waals surface area (Å²) in [6, 6.07) is 0. The second-order valence-corrected chi connectivity index (χ2v) is 3.00. The van der Waals surface area contributed by atoms with Crippen LogP contribution in [0.1, 0.15) is 43.0 Å². The molecule has 0 amide bonds. The Morgan fingerprint density at radius 1 is 0.857 bits per heavy atom. The van der Waals surface area contributed by atoms with Gasteiger partial charge in [0.05, 0.1) is 0 Å². The molecule has 0 heterocycles. The zero-order valence-corrected chi connectivity index (χ0v) is 6.50. The van der Waals surface area contributed by atoms with Gasteiger partial charge in [0.25, 0.3) is 0 Å². The van der Waals surface area contributed by atoms with E-state index in [1.807, 2.05) is 13.8 Å². The predicted molar refractivity (Wildman–Crippen MR) is 38.6 cm³/mol. The van der Waals surface area contributed by atoms with Crippen molar-refractivity contribution in [3.63, 3.8) is 0 Å². The van der Waals surface area contributed by atoms with Gasteiger partial charge in [0.15, 0.2) is 0 Å².